The van der Waals surface area contributed by atoms with E-state index >= 15 is 0 Å². The molecule has 0 aromatic heterocycles. The first-order valence-corrected chi connectivity index (χ1v) is 7.26. The summed E-state index contributed by atoms with van der Waals surface area (Å²) in [6.07, 6.45) is 5.54. The number of nitrogens with one attached hydrogen (secondary N) is 1. The third kappa shape index (κ3) is 2.54. The third-order valence-corrected chi connectivity index (χ3v) is 4.73. The molecule has 0 bridgehead atoms. The Morgan fingerprint density at radius 3 is 2.50 bits per heavy atom. The lowest BCUT2D eigenvalue weighted by Gasteiger charge is -2.19. The molecule has 0 spiro atoms. The molecule has 1 atom stereocenters. The fourth-order valence-electron chi connectivity index (χ4n) is 2.93. The molecule has 1 aromatic carbocycles. The van der Waals surface area contributed by atoms with E-state index < -0.39 is 0 Å². The smallest absolute Gasteiger partial charge is 0.0314 e. The van der Waals surface area contributed by atoms with Gasteiger partial charge in [0.25, 0.3) is 0 Å². The van der Waals surface area contributed by atoms with Crippen molar-refractivity contribution in [2.45, 2.75) is 38.0 Å². The molecule has 3 N–H and O–H groups in total. The Hall–Kier alpha value is -1.02. The molecule has 98 valence electrons. The quantitative estimate of drug-likeness (QED) is 0.755. The highest BCUT2D eigenvalue weighted by Gasteiger charge is 2.43. The molecule has 2 fully saturated rings. The van der Waals surface area contributed by atoms with E-state index in [9.17, 15) is 0 Å². The van der Waals surface area contributed by atoms with Crippen LogP contribution in [-0.2, 0) is 5.41 Å². The second-order valence-electron chi connectivity index (χ2n) is 6.35. The minimum absolute atomic E-state index is 0.414. The van der Waals surface area contributed by atoms with Crippen molar-refractivity contribution < 1.29 is 0 Å². The maximum atomic E-state index is 5.75. The standard InChI is InChI=1S/C16H24N2/c1-12(13-2-3-13)10-18-11-16(8-9-16)14-4-6-15(17)7-5-14/h4-7,12-13,18H,2-3,8-11,17H2,1H3. The first-order chi connectivity index (χ1) is 8.70. The summed E-state index contributed by atoms with van der Waals surface area (Å²) in [7, 11) is 0. The Balaban J connectivity index is 1.53. The second kappa shape index (κ2) is 4.58. The number of hydrogen-bond donors (Lipinski definition) is 2. The Bertz CT molecular complexity index is 402. The van der Waals surface area contributed by atoms with Crippen LogP contribution in [0.3, 0.4) is 0 Å². The van der Waals surface area contributed by atoms with Crippen LogP contribution in [0, 0.1) is 11.8 Å². The number of hydrogen-bond acceptors (Lipinski definition) is 2. The normalized spacial score (nSPS) is 22.7. The van der Waals surface area contributed by atoms with Crippen molar-refractivity contribution in [1.82, 2.24) is 5.32 Å². The van der Waals surface area contributed by atoms with E-state index in [2.05, 4.69) is 24.4 Å². The molecule has 1 aromatic rings. The van der Waals surface area contributed by atoms with Crippen molar-refractivity contribution >= 4 is 5.69 Å². The van der Waals surface area contributed by atoms with Crippen LogP contribution in [0.2, 0.25) is 0 Å². The average molecular weight is 244 g/mol. The highest BCUT2D eigenvalue weighted by molar-refractivity contribution is 5.43. The summed E-state index contributed by atoms with van der Waals surface area (Å²) in [6.45, 7) is 4.70. The molecule has 2 heteroatoms. The van der Waals surface area contributed by atoms with Crippen molar-refractivity contribution in [3.8, 4) is 0 Å². The largest absolute Gasteiger partial charge is 0.399 e. The summed E-state index contributed by atoms with van der Waals surface area (Å²) in [5.74, 6) is 1.86. The monoisotopic (exact) mass is 244 g/mol. The topological polar surface area (TPSA) is 38.0 Å². The van der Waals surface area contributed by atoms with Crippen LogP contribution in [0.1, 0.15) is 38.2 Å². The maximum Gasteiger partial charge on any atom is 0.0314 e. The van der Waals surface area contributed by atoms with E-state index in [4.69, 9.17) is 5.73 Å². The number of rotatable bonds is 6. The van der Waals surface area contributed by atoms with Gasteiger partial charge in [0.1, 0.15) is 0 Å². The average Bonchev–Trinajstić information content (AvgIpc) is 3.24. The van der Waals surface area contributed by atoms with Crippen LogP contribution in [0.15, 0.2) is 24.3 Å². The predicted octanol–water partition coefficient (Wildman–Crippen LogP) is 2.94. The molecule has 18 heavy (non-hydrogen) atoms. The van der Waals surface area contributed by atoms with Gasteiger partial charge in [0.15, 0.2) is 0 Å². The number of nitrogen functional groups attached to an aromatic ring is 1. The lowest BCUT2D eigenvalue weighted by Crippen LogP contribution is -2.30. The van der Waals surface area contributed by atoms with E-state index in [1.165, 1.54) is 37.8 Å². The van der Waals surface area contributed by atoms with Crippen molar-refractivity contribution in [3.63, 3.8) is 0 Å². The number of anilines is 1. The van der Waals surface area contributed by atoms with Crippen molar-refractivity contribution in [2.75, 3.05) is 18.8 Å². The summed E-state index contributed by atoms with van der Waals surface area (Å²) >= 11 is 0. The van der Waals surface area contributed by atoms with Gasteiger partial charge in [-0.15, -0.1) is 0 Å². The zero-order valence-electron chi connectivity index (χ0n) is 11.3. The molecule has 0 aliphatic heterocycles. The lowest BCUT2D eigenvalue weighted by molar-refractivity contribution is 0.444. The molecule has 0 amide bonds. The molecule has 2 aliphatic rings. The van der Waals surface area contributed by atoms with Gasteiger partial charge in [-0.1, -0.05) is 19.1 Å². The maximum absolute atomic E-state index is 5.75. The zero-order chi connectivity index (χ0) is 12.6. The van der Waals surface area contributed by atoms with Gasteiger partial charge in [0.05, 0.1) is 0 Å². The van der Waals surface area contributed by atoms with Crippen molar-refractivity contribution in [3.05, 3.63) is 29.8 Å². The fourth-order valence-corrected chi connectivity index (χ4v) is 2.93. The second-order valence-corrected chi connectivity index (χ2v) is 6.35. The van der Waals surface area contributed by atoms with E-state index in [1.807, 2.05) is 12.1 Å². The number of nitrogens with two attached hydrogens (primary N) is 1. The van der Waals surface area contributed by atoms with Gasteiger partial charge in [-0.05, 0) is 61.8 Å². The van der Waals surface area contributed by atoms with Crippen molar-refractivity contribution in [2.24, 2.45) is 11.8 Å². The number of benzene rings is 1. The zero-order valence-corrected chi connectivity index (χ0v) is 11.3. The molecule has 0 saturated heterocycles. The highest BCUT2D eigenvalue weighted by Crippen LogP contribution is 2.47. The first-order valence-electron chi connectivity index (χ1n) is 7.26. The summed E-state index contributed by atoms with van der Waals surface area (Å²) in [4.78, 5) is 0. The molecule has 2 nitrogen and oxygen atoms in total. The third-order valence-electron chi connectivity index (χ3n) is 4.73. The molecule has 2 aliphatic carbocycles. The summed E-state index contributed by atoms with van der Waals surface area (Å²) in [5.41, 5.74) is 8.50. The van der Waals surface area contributed by atoms with E-state index in [-0.39, 0.29) is 0 Å². The van der Waals surface area contributed by atoms with Crippen LogP contribution in [0.25, 0.3) is 0 Å². The Kier molecular flexibility index (Phi) is 3.06. The van der Waals surface area contributed by atoms with E-state index in [0.29, 0.717) is 5.41 Å². The Morgan fingerprint density at radius 2 is 1.94 bits per heavy atom. The Morgan fingerprint density at radius 1 is 1.28 bits per heavy atom. The fraction of sp³-hybridized carbons (Fsp3) is 0.625. The molecule has 0 heterocycles. The molecular weight excluding hydrogens is 220 g/mol. The van der Waals surface area contributed by atoms with Gasteiger partial charge >= 0.3 is 0 Å². The van der Waals surface area contributed by atoms with E-state index in [0.717, 1.165) is 24.1 Å². The minimum Gasteiger partial charge on any atom is -0.399 e. The van der Waals surface area contributed by atoms with Gasteiger partial charge < -0.3 is 11.1 Å². The predicted molar refractivity (Wildman–Crippen MR) is 76.5 cm³/mol. The minimum atomic E-state index is 0.414. The summed E-state index contributed by atoms with van der Waals surface area (Å²) in [5, 5.41) is 3.69. The molecule has 0 radical (unpaired) electrons. The summed E-state index contributed by atoms with van der Waals surface area (Å²) in [6, 6.07) is 8.47. The van der Waals surface area contributed by atoms with Gasteiger partial charge in [0, 0.05) is 17.6 Å². The molecule has 1 unspecified atom stereocenters. The Labute approximate surface area is 110 Å². The van der Waals surface area contributed by atoms with E-state index in [1.54, 1.807) is 0 Å². The molecular formula is C16H24N2. The van der Waals surface area contributed by atoms with Crippen molar-refractivity contribution in [1.29, 1.82) is 0 Å². The van der Waals surface area contributed by atoms with Crippen LogP contribution < -0.4 is 11.1 Å². The van der Waals surface area contributed by atoms with Gasteiger partial charge in [0.2, 0.25) is 0 Å². The van der Waals surface area contributed by atoms with Crippen LogP contribution in [-0.4, -0.2) is 13.1 Å². The van der Waals surface area contributed by atoms with Crippen LogP contribution in [0.4, 0.5) is 5.69 Å². The SMILES string of the molecule is CC(CNCC1(c2ccc(N)cc2)CC1)C1CC1. The lowest BCUT2D eigenvalue weighted by atomic mass is 9.95. The summed E-state index contributed by atoms with van der Waals surface area (Å²) < 4.78 is 0. The van der Waals surface area contributed by atoms with Crippen LogP contribution in [0.5, 0.6) is 0 Å². The highest BCUT2D eigenvalue weighted by atomic mass is 14.9. The van der Waals surface area contributed by atoms with Gasteiger partial charge in [-0.25, -0.2) is 0 Å². The first kappa shape index (κ1) is 12.0. The van der Waals surface area contributed by atoms with Gasteiger partial charge in [-0.3, -0.25) is 0 Å². The van der Waals surface area contributed by atoms with Gasteiger partial charge in [-0.2, -0.15) is 0 Å². The molecule has 3 rings (SSSR count). The van der Waals surface area contributed by atoms with Crippen LogP contribution >= 0.6 is 0 Å². The molecule has 2 saturated carbocycles.